The second-order valence-electron chi connectivity index (χ2n) is 6.77. The van der Waals surface area contributed by atoms with E-state index in [2.05, 4.69) is 10.2 Å². The molecule has 5 nitrogen and oxygen atoms in total. The standard InChI is InChI=1S/C17H21N3O2S/c1-10-7-14-16(23-10)15(21)12(8-19(14)2)17(22)18-13-9-20-5-3-11(13)4-6-20/h7-8,11,13H,3-6,9H2,1-2H3,(H,18,22). The van der Waals surface area contributed by atoms with Crippen molar-refractivity contribution in [3.8, 4) is 0 Å². The molecule has 5 rings (SSSR count). The van der Waals surface area contributed by atoms with E-state index < -0.39 is 0 Å². The Morgan fingerprint density at radius 2 is 2.09 bits per heavy atom. The van der Waals surface area contributed by atoms with Crippen LogP contribution in [0.4, 0.5) is 0 Å². The number of piperidine rings is 3. The van der Waals surface area contributed by atoms with Crippen molar-refractivity contribution in [2.45, 2.75) is 25.8 Å². The first-order valence-corrected chi connectivity index (χ1v) is 8.97. The summed E-state index contributed by atoms with van der Waals surface area (Å²) < 4.78 is 2.55. The highest BCUT2D eigenvalue weighted by Gasteiger charge is 2.35. The van der Waals surface area contributed by atoms with E-state index in [1.165, 1.54) is 11.3 Å². The van der Waals surface area contributed by atoms with E-state index in [1.54, 1.807) is 6.20 Å². The highest BCUT2D eigenvalue weighted by Crippen LogP contribution is 2.28. The van der Waals surface area contributed by atoms with Crippen LogP contribution in [0.5, 0.6) is 0 Å². The third kappa shape index (κ3) is 2.50. The van der Waals surface area contributed by atoms with Gasteiger partial charge < -0.3 is 14.8 Å². The van der Waals surface area contributed by atoms with E-state index in [1.807, 2.05) is 24.6 Å². The summed E-state index contributed by atoms with van der Waals surface area (Å²) >= 11 is 1.46. The molecule has 0 spiro atoms. The lowest BCUT2D eigenvalue weighted by molar-refractivity contribution is 0.0619. The predicted molar refractivity (Wildman–Crippen MR) is 92.2 cm³/mol. The van der Waals surface area contributed by atoms with Crippen LogP contribution in [0.1, 0.15) is 28.1 Å². The van der Waals surface area contributed by atoms with Gasteiger partial charge in [0.2, 0.25) is 5.43 Å². The highest BCUT2D eigenvalue weighted by molar-refractivity contribution is 7.18. The minimum absolute atomic E-state index is 0.144. The number of aromatic nitrogens is 1. The van der Waals surface area contributed by atoms with Crippen LogP contribution < -0.4 is 10.7 Å². The number of aryl methyl sites for hydroxylation is 2. The average Bonchev–Trinajstić information content (AvgIpc) is 2.94. The quantitative estimate of drug-likeness (QED) is 0.912. The number of rotatable bonds is 2. The number of nitrogens with one attached hydrogen (secondary N) is 1. The zero-order valence-corrected chi connectivity index (χ0v) is 14.3. The lowest BCUT2D eigenvalue weighted by Crippen LogP contribution is -2.57. The molecule has 0 aliphatic carbocycles. The maximum Gasteiger partial charge on any atom is 0.257 e. The van der Waals surface area contributed by atoms with Gasteiger partial charge in [0.25, 0.3) is 5.91 Å². The molecular weight excluding hydrogens is 310 g/mol. The van der Waals surface area contributed by atoms with Gasteiger partial charge in [-0.1, -0.05) is 0 Å². The molecule has 6 heteroatoms. The minimum atomic E-state index is -0.225. The molecule has 2 bridgehead atoms. The van der Waals surface area contributed by atoms with Crippen LogP contribution in [0.15, 0.2) is 17.1 Å². The number of carbonyl (C=O) groups is 1. The van der Waals surface area contributed by atoms with Crippen LogP contribution in [0.2, 0.25) is 0 Å². The molecule has 3 saturated heterocycles. The van der Waals surface area contributed by atoms with Gasteiger partial charge in [0.1, 0.15) is 5.56 Å². The van der Waals surface area contributed by atoms with E-state index in [4.69, 9.17) is 0 Å². The van der Waals surface area contributed by atoms with E-state index in [0.717, 1.165) is 42.9 Å². The second kappa shape index (κ2) is 5.46. The molecule has 3 aliphatic rings. The number of pyridine rings is 1. The summed E-state index contributed by atoms with van der Waals surface area (Å²) in [6.07, 6.45) is 3.96. The monoisotopic (exact) mass is 331 g/mol. The summed E-state index contributed by atoms with van der Waals surface area (Å²) in [4.78, 5) is 28.8. The molecule has 1 N–H and O–H groups in total. The Balaban J connectivity index is 1.65. The van der Waals surface area contributed by atoms with E-state index in [9.17, 15) is 9.59 Å². The van der Waals surface area contributed by atoms with Crippen LogP contribution in [0.25, 0.3) is 10.2 Å². The fourth-order valence-electron chi connectivity index (χ4n) is 3.91. The van der Waals surface area contributed by atoms with Crippen molar-refractivity contribution in [2.75, 3.05) is 19.6 Å². The van der Waals surface area contributed by atoms with Gasteiger partial charge in [-0.3, -0.25) is 9.59 Å². The summed E-state index contributed by atoms with van der Waals surface area (Å²) in [5.41, 5.74) is 1.02. The van der Waals surface area contributed by atoms with Crippen LogP contribution in [0, 0.1) is 12.8 Å². The van der Waals surface area contributed by atoms with Crippen LogP contribution >= 0.6 is 11.3 Å². The Kier molecular flexibility index (Phi) is 3.54. The largest absolute Gasteiger partial charge is 0.349 e. The topological polar surface area (TPSA) is 54.3 Å². The maximum atomic E-state index is 12.7. The van der Waals surface area contributed by atoms with Gasteiger partial charge in [-0.15, -0.1) is 11.3 Å². The van der Waals surface area contributed by atoms with Gasteiger partial charge >= 0.3 is 0 Å². The third-order valence-electron chi connectivity index (χ3n) is 5.21. The van der Waals surface area contributed by atoms with Crippen molar-refractivity contribution in [1.29, 1.82) is 0 Å². The molecule has 122 valence electrons. The smallest absolute Gasteiger partial charge is 0.257 e. The van der Waals surface area contributed by atoms with Gasteiger partial charge in [0, 0.05) is 30.7 Å². The van der Waals surface area contributed by atoms with Gasteiger partial charge in [0.15, 0.2) is 0 Å². The Bertz CT molecular complexity index is 830. The molecule has 1 atom stereocenters. The highest BCUT2D eigenvalue weighted by atomic mass is 32.1. The number of hydrogen-bond acceptors (Lipinski definition) is 4. The molecule has 1 unspecified atom stereocenters. The number of hydrogen-bond donors (Lipinski definition) is 1. The Labute approximate surface area is 138 Å². The van der Waals surface area contributed by atoms with Gasteiger partial charge in [-0.25, -0.2) is 0 Å². The summed E-state index contributed by atoms with van der Waals surface area (Å²) in [7, 11) is 1.89. The normalized spacial score (nSPS) is 26.6. The molecule has 23 heavy (non-hydrogen) atoms. The third-order valence-corrected chi connectivity index (χ3v) is 6.25. The molecule has 5 heterocycles. The molecule has 2 aromatic rings. The molecule has 0 aromatic carbocycles. The zero-order chi connectivity index (χ0) is 16.1. The first-order valence-electron chi connectivity index (χ1n) is 8.16. The first kappa shape index (κ1) is 14.9. The number of carbonyl (C=O) groups excluding carboxylic acids is 1. The van der Waals surface area contributed by atoms with Crippen LogP contribution in [-0.4, -0.2) is 41.1 Å². The fourth-order valence-corrected chi connectivity index (χ4v) is 4.91. The summed E-state index contributed by atoms with van der Waals surface area (Å²) in [6, 6.07) is 2.17. The lowest BCUT2D eigenvalue weighted by Gasteiger charge is -2.44. The summed E-state index contributed by atoms with van der Waals surface area (Å²) in [6.45, 7) is 5.17. The first-order chi connectivity index (χ1) is 11.0. The van der Waals surface area contributed by atoms with Crippen LogP contribution in [-0.2, 0) is 7.05 Å². The van der Waals surface area contributed by atoms with Crippen molar-refractivity contribution in [3.63, 3.8) is 0 Å². The van der Waals surface area contributed by atoms with Gasteiger partial charge in [-0.05, 0) is 44.8 Å². The van der Waals surface area contributed by atoms with E-state index in [-0.39, 0.29) is 22.9 Å². The Morgan fingerprint density at radius 3 is 2.74 bits per heavy atom. The van der Waals surface area contributed by atoms with Crippen LogP contribution in [0.3, 0.4) is 0 Å². The molecule has 3 fully saturated rings. The Morgan fingerprint density at radius 1 is 1.35 bits per heavy atom. The summed E-state index contributed by atoms with van der Waals surface area (Å²) in [5.74, 6) is 0.331. The van der Waals surface area contributed by atoms with Crippen molar-refractivity contribution in [1.82, 2.24) is 14.8 Å². The van der Waals surface area contributed by atoms with E-state index >= 15 is 0 Å². The predicted octanol–water partition coefficient (Wildman–Crippen LogP) is 1.73. The van der Waals surface area contributed by atoms with Gasteiger partial charge in [-0.2, -0.15) is 0 Å². The molecule has 1 amide bonds. The number of thiophene rings is 1. The Hall–Kier alpha value is -1.66. The minimum Gasteiger partial charge on any atom is -0.349 e. The SMILES string of the molecule is Cc1cc2c(s1)c(=O)c(C(=O)NC1CN3CCC1CC3)cn2C. The van der Waals surface area contributed by atoms with Crippen molar-refractivity contribution in [3.05, 3.63) is 32.9 Å². The average molecular weight is 331 g/mol. The molecule has 0 radical (unpaired) electrons. The van der Waals surface area contributed by atoms with Crippen molar-refractivity contribution < 1.29 is 4.79 Å². The fraction of sp³-hybridized carbons (Fsp3) is 0.529. The number of nitrogens with zero attached hydrogens (tertiary/aromatic N) is 2. The van der Waals surface area contributed by atoms with Crippen molar-refractivity contribution >= 4 is 27.5 Å². The summed E-state index contributed by atoms with van der Waals surface area (Å²) in [5, 5.41) is 3.12. The van der Waals surface area contributed by atoms with Gasteiger partial charge in [0.05, 0.1) is 10.2 Å². The number of fused-ring (bicyclic) bond motifs is 4. The molecule has 0 saturated carbocycles. The second-order valence-corrected chi connectivity index (χ2v) is 8.03. The molecule has 3 aliphatic heterocycles. The zero-order valence-electron chi connectivity index (χ0n) is 13.5. The van der Waals surface area contributed by atoms with E-state index in [0.29, 0.717) is 10.6 Å². The lowest BCUT2D eigenvalue weighted by atomic mass is 9.84. The number of amides is 1. The molecule has 2 aromatic heterocycles. The van der Waals surface area contributed by atoms with Crippen molar-refractivity contribution in [2.24, 2.45) is 13.0 Å². The maximum absolute atomic E-state index is 12.7. The molecular formula is C17H21N3O2S.